The van der Waals surface area contributed by atoms with Gasteiger partial charge in [0.05, 0.1) is 26.8 Å². The number of rotatable bonds is 4. The van der Waals surface area contributed by atoms with Crippen LogP contribution >= 0.6 is 0 Å². The lowest BCUT2D eigenvalue weighted by atomic mass is 9.95. The van der Waals surface area contributed by atoms with Crippen molar-refractivity contribution in [3.05, 3.63) is 30.3 Å². The minimum atomic E-state index is -1.80. The Hall–Kier alpha value is -0.763. The van der Waals surface area contributed by atoms with Crippen molar-refractivity contribution in [2.75, 3.05) is 19.3 Å². The van der Waals surface area contributed by atoms with Crippen LogP contribution in [0.5, 0.6) is 0 Å². The van der Waals surface area contributed by atoms with Crippen molar-refractivity contribution < 1.29 is 20.4 Å². The van der Waals surface area contributed by atoms with Gasteiger partial charge in [-0.25, -0.2) is 0 Å². The lowest BCUT2D eigenvalue weighted by Gasteiger charge is -2.45. The smallest absolute Gasteiger partial charge is 0.109 e. The highest BCUT2D eigenvalue weighted by molar-refractivity contribution is 6.89. The standard InChI is InChI=1S/C15H25NO4Si/c1-21(2,11-6-4-3-5-7-11)10-16-8-13(18)15(20)14(19)12(16)9-17/h3-7,12-15,17-20H,8-10H2,1-2H3/t12-,13+,14-,15-/m1/s1. The Morgan fingerprint density at radius 1 is 1.10 bits per heavy atom. The van der Waals surface area contributed by atoms with Crippen molar-refractivity contribution in [3.8, 4) is 0 Å². The Kier molecular flexibility index (Phi) is 5.18. The maximum absolute atomic E-state index is 10.0. The number of piperidine rings is 1. The molecule has 118 valence electrons. The molecule has 5 nitrogen and oxygen atoms in total. The summed E-state index contributed by atoms with van der Waals surface area (Å²) >= 11 is 0. The molecule has 4 atom stereocenters. The predicted octanol–water partition coefficient (Wildman–Crippen LogP) is -1.10. The van der Waals surface area contributed by atoms with Gasteiger partial charge in [0.15, 0.2) is 0 Å². The van der Waals surface area contributed by atoms with Crippen LogP contribution in [0, 0.1) is 0 Å². The number of hydrogen-bond acceptors (Lipinski definition) is 5. The number of β-amino-alcohol motifs (C(OH)–C–C–N with tert-alkyl or cyclic N) is 1. The van der Waals surface area contributed by atoms with Gasteiger partial charge in [-0.3, -0.25) is 4.90 Å². The molecule has 0 unspecified atom stereocenters. The third-order valence-corrected chi connectivity index (χ3v) is 7.46. The Morgan fingerprint density at radius 2 is 1.71 bits per heavy atom. The molecule has 2 rings (SSSR count). The zero-order chi connectivity index (χ0) is 15.6. The van der Waals surface area contributed by atoms with Crippen LogP contribution in [0.4, 0.5) is 0 Å². The second-order valence-electron chi connectivity index (χ2n) is 6.48. The van der Waals surface area contributed by atoms with E-state index in [0.29, 0.717) is 6.17 Å². The average molecular weight is 311 g/mol. The topological polar surface area (TPSA) is 84.2 Å². The maximum Gasteiger partial charge on any atom is 0.109 e. The van der Waals surface area contributed by atoms with E-state index >= 15 is 0 Å². The molecule has 0 saturated carbocycles. The van der Waals surface area contributed by atoms with E-state index in [-0.39, 0.29) is 13.2 Å². The summed E-state index contributed by atoms with van der Waals surface area (Å²) in [5.41, 5.74) is 0. The lowest BCUT2D eigenvalue weighted by molar-refractivity contribution is -0.141. The molecule has 1 aromatic carbocycles. The Balaban J connectivity index is 2.17. The van der Waals surface area contributed by atoms with Gasteiger partial charge in [0.1, 0.15) is 12.2 Å². The summed E-state index contributed by atoms with van der Waals surface area (Å²) in [6.07, 6.45) is -2.59. The Bertz CT molecular complexity index is 456. The quantitative estimate of drug-likeness (QED) is 0.531. The highest BCUT2D eigenvalue weighted by Gasteiger charge is 2.43. The Labute approximate surface area is 126 Å². The Morgan fingerprint density at radius 3 is 2.29 bits per heavy atom. The number of aliphatic hydroxyl groups excluding tert-OH is 4. The van der Waals surface area contributed by atoms with Crippen molar-refractivity contribution >= 4 is 13.3 Å². The number of likely N-dealkylation sites (tertiary alicyclic amines) is 1. The SMILES string of the molecule is C[Si](C)(CN1C[C@H](O)[C@@H](O)[C@H](O)[C@H]1CO)c1ccccc1. The first-order valence-corrected chi connectivity index (χ1v) is 10.5. The summed E-state index contributed by atoms with van der Waals surface area (Å²) in [5.74, 6) is 0. The number of benzene rings is 1. The number of aliphatic hydroxyl groups is 4. The molecule has 1 heterocycles. The van der Waals surface area contributed by atoms with E-state index in [4.69, 9.17) is 0 Å². The van der Waals surface area contributed by atoms with E-state index in [0.717, 1.165) is 0 Å². The first-order valence-electron chi connectivity index (χ1n) is 7.31. The van der Waals surface area contributed by atoms with E-state index in [9.17, 15) is 20.4 Å². The largest absolute Gasteiger partial charge is 0.395 e. The first-order chi connectivity index (χ1) is 9.86. The van der Waals surface area contributed by atoms with E-state index < -0.39 is 32.4 Å². The van der Waals surface area contributed by atoms with E-state index in [1.54, 1.807) is 0 Å². The molecule has 0 bridgehead atoms. The fourth-order valence-electron chi connectivity index (χ4n) is 3.05. The van der Waals surface area contributed by atoms with Gasteiger partial charge < -0.3 is 20.4 Å². The van der Waals surface area contributed by atoms with Crippen LogP contribution in [-0.4, -0.2) is 77.1 Å². The van der Waals surface area contributed by atoms with Gasteiger partial charge in [0, 0.05) is 6.54 Å². The zero-order valence-corrected chi connectivity index (χ0v) is 13.6. The first kappa shape index (κ1) is 16.6. The molecule has 0 aromatic heterocycles. The van der Waals surface area contributed by atoms with E-state index in [1.165, 1.54) is 5.19 Å². The molecule has 0 aliphatic carbocycles. The van der Waals surface area contributed by atoms with Crippen LogP contribution in [0.3, 0.4) is 0 Å². The molecule has 6 heteroatoms. The van der Waals surface area contributed by atoms with Gasteiger partial charge in [-0.05, 0) is 6.17 Å². The molecular weight excluding hydrogens is 286 g/mol. The summed E-state index contributed by atoms with van der Waals surface area (Å²) < 4.78 is 0. The van der Waals surface area contributed by atoms with Crippen LogP contribution in [0.15, 0.2) is 30.3 Å². The zero-order valence-electron chi connectivity index (χ0n) is 12.6. The van der Waals surface area contributed by atoms with Crippen molar-refractivity contribution in [2.24, 2.45) is 0 Å². The molecule has 0 spiro atoms. The van der Waals surface area contributed by atoms with Crippen LogP contribution in [-0.2, 0) is 0 Å². The highest BCUT2D eigenvalue weighted by Crippen LogP contribution is 2.21. The fourth-order valence-corrected chi connectivity index (χ4v) is 5.70. The summed E-state index contributed by atoms with van der Waals surface area (Å²) in [5, 5.41) is 40.5. The molecule has 1 aliphatic heterocycles. The molecule has 21 heavy (non-hydrogen) atoms. The van der Waals surface area contributed by atoms with Crippen LogP contribution in [0.25, 0.3) is 0 Å². The van der Waals surface area contributed by atoms with Gasteiger partial charge >= 0.3 is 0 Å². The third-order valence-electron chi connectivity index (χ3n) is 4.37. The molecule has 0 amide bonds. The summed E-state index contributed by atoms with van der Waals surface area (Å²) in [7, 11) is -1.80. The highest BCUT2D eigenvalue weighted by atomic mass is 28.3. The van der Waals surface area contributed by atoms with Crippen molar-refractivity contribution in [3.63, 3.8) is 0 Å². The van der Waals surface area contributed by atoms with Gasteiger partial charge in [0.25, 0.3) is 0 Å². The molecule has 0 radical (unpaired) electrons. The van der Waals surface area contributed by atoms with Crippen LogP contribution in [0.1, 0.15) is 0 Å². The third kappa shape index (κ3) is 3.53. The molecule has 1 saturated heterocycles. The predicted molar refractivity (Wildman–Crippen MR) is 84.0 cm³/mol. The lowest BCUT2D eigenvalue weighted by Crippen LogP contribution is -2.66. The minimum absolute atomic E-state index is 0.232. The average Bonchev–Trinajstić information content (AvgIpc) is 2.46. The maximum atomic E-state index is 10.0. The molecule has 1 aromatic rings. The van der Waals surface area contributed by atoms with Crippen LogP contribution in [0.2, 0.25) is 13.1 Å². The molecule has 1 aliphatic rings. The van der Waals surface area contributed by atoms with Crippen molar-refractivity contribution in [2.45, 2.75) is 37.4 Å². The van der Waals surface area contributed by atoms with Crippen molar-refractivity contribution in [1.29, 1.82) is 0 Å². The van der Waals surface area contributed by atoms with Gasteiger partial charge in [-0.15, -0.1) is 0 Å². The monoisotopic (exact) mass is 311 g/mol. The summed E-state index contributed by atoms with van der Waals surface area (Å²) in [6.45, 7) is 4.48. The van der Waals surface area contributed by atoms with E-state index in [2.05, 4.69) is 25.2 Å². The molecular formula is C15H25NO4Si. The minimum Gasteiger partial charge on any atom is -0.395 e. The molecule has 4 N–H and O–H groups in total. The number of hydrogen-bond donors (Lipinski definition) is 4. The van der Waals surface area contributed by atoms with Crippen LogP contribution < -0.4 is 5.19 Å². The summed E-state index contributed by atoms with van der Waals surface area (Å²) in [4.78, 5) is 1.92. The van der Waals surface area contributed by atoms with Crippen molar-refractivity contribution in [1.82, 2.24) is 4.90 Å². The van der Waals surface area contributed by atoms with Gasteiger partial charge in [-0.1, -0.05) is 48.6 Å². The molecule has 1 fully saturated rings. The fraction of sp³-hybridized carbons (Fsp3) is 0.600. The second kappa shape index (κ2) is 6.56. The summed E-state index contributed by atoms with van der Waals surface area (Å²) in [6, 6.07) is 9.68. The second-order valence-corrected chi connectivity index (χ2v) is 11.1. The number of nitrogens with zero attached hydrogens (tertiary/aromatic N) is 1. The van der Waals surface area contributed by atoms with Gasteiger partial charge in [-0.2, -0.15) is 0 Å². The normalized spacial score (nSPS) is 31.3. The van der Waals surface area contributed by atoms with E-state index in [1.807, 2.05) is 23.1 Å². The van der Waals surface area contributed by atoms with Gasteiger partial charge in [0.2, 0.25) is 0 Å².